The van der Waals surface area contributed by atoms with Crippen LogP contribution in [0.15, 0.2) is 30.7 Å². The van der Waals surface area contributed by atoms with Crippen LogP contribution in [0.25, 0.3) is 0 Å². The molecule has 0 amide bonds. The molecule has 2 rings (SSSR count). The van der Waals surface area contributed by atoms with Crippen LogP contribution in [0.2, 0.25) is 0 Å². The summed E-state index contributed by atoms with van der Waals surface area (Å²) < 4.78 is 27.5. The summed E-state index contributed by atoms with van der Waals surface area (Å²) >= 11 is 0. The molecule has 1 unspecified atom stereocenters. The van der Waals surface area contributed by atoms with Gasteiger partial charge in [-0.05, 0) is 19.5 Å². The smallest absolute Gasteiger partial charge is 0.164 e. The molecule has 94 valence electrons. The molecule has 1 aromatic heterocycles. The fraction of sp³-hybridized carbons (Fsp3) is 0.231. The number of hydrogen-bond acceptors (Lipinski definition) is 3. The second-order valence-corrected chi connectivity index (χ2v) is 3.95. The molecule has 3 nitrogen and oxygen atoms in total. The third-order valence-corrected chi connectivity index (χ3v) is 2.78. The fourth-order valence-corrected chi connectivity index (χ4v) is 1.81. The second-order valence-electron chi connectivity index (χ2n) is 3.95. The van der Waals surface area contributed by atoms with Crippen molar-refractivity contribution in [1.82, 2.24) is 15.3 Å². The van der Waals surface area contributed by atoms with E-state index in [2.05, 4.69) is 15.3 Å². The molecule has 1 aromatic carbocycles. The van der Waals surface area contributed by atoms with Crippen LogP contribution in [-0.2, 0) is 0 Å². The minimum absolute atomic E-state index is 0.223. The molecule has 1 heterocycles. The molecule has 0 fully saturated rings. The van der Waals surface area contributed by atoms with Crippen LogP contribution >= 0.6 is 0 Å². The molecular formula is C13H13F2N3. The van der Waals surface area contributed by atoms with Gasteiger partial charge in [0, 0.05) is 18.0 Å². The minimum atomic E-state index is -0.847. The van der Waals surface area contributed by atoms with Crippen LogP contribution in [0.3, 0.4) is 0 Å². The van der Waals surface area contributed by atoms with E-state index in [1.54, 1.807) is 19.2 Å². The fourth-order valence-electron chi connectivity index (χ4n) is 1.81. The predicted octanol–water partition coefficient (Wildman–Crippen LogP) is 2.37. The maximum absolute atomic E-state index is 13.9. The van der Waals surface area contributed by atoms with Crippen molar-refractivity contribution in [3.63, 3.8) is 0 Å². The van der Waals surface area contributed by atoms with E-state index < -0.39 is 17.7 Å². The van der Waals surface area contributed by atoms with Crippen molar-refractivity contribution < 1.29 is 8.78 Å². The highest BCUT2D eigenvalue weighted by molar-refractivity contribution is 5.32. The Morgan fingerprint density at radius 2 is 1.94 bits per heavy atom. The lowest BCUT2D eigenvalue weighted by Gasteiger charge is -2.17. The van der Waals surface area contributed by atoms with Gasteiger partial charge in [0.25, 0.3) is 0 Å². The quantitative estimate of drug-likeness (QED) is 0.907. The van der Waals surface area contributed by atoms with Crippen LogP contribution < -0.4 is 5.32 Å². The zero-order chi connectivity index (χ0) is 13.1. The van der Waals surface area contributed by atoms with Crippen LogP contribution in [0, 0.1) is 18.6 Å². The molecule has 2 aromatic rings. The Hall–Kier alpha value is -1.88. The maximum atomic E-state index is 13.9. The van der Waals surface area contributed by atoms with E-state index in [0.717, 1.165) is 0 Å². The molecule has 1 N–H and O–H groups in total. The van der Waals surface area contributed by atoms with Gasteiger partial charge in [-0.15, -0.1) is 0 Å². The predicted molar refractivity (Wildman–Crippen MR) is 64.0 cm³/mol. The Bertz CT molecular complexity index is 543. The van der Waals surface area contributed by atoms with Gasteiger partial charge >= 0.3 is 0 Å². The number of nitrogens with one attached hydrogen (secondary N) is 1. The van der Waals surface area contributed by atoms with Crippen molar-refractivity contribution in [2.24, 2.45) is 0 Å². The first kappa shape index (κ1) is 12.6. The first-order valence-electron chi connectivity index (χ1n) is 5.52. The molecule has 0 radical (unpaired) electrons. The molecule has 18 heavy (non-hydrogen) atoms. The molecule has 5 heteroatoms. The molecule has 0 saturated carbocycles. The lowest BCUT2D eigenvalue weighted by molar-refractivity contribution is 0.481. The number of aryl methyl sites for hydroxylation is 1. The van der Waals surface area contributed by atoms with E-state index >= 15 is 0 Å². The maximum Gasteiger partial charge on any atom is 0.164 e. The normalized spacial score (nSPS) is 12.4. The molecule has 0 spiro atoms. The second kappa shape index (κ2) is 5.18. The molecule has 1 atom stereocenters. The number of nitrogens with zero attached hydrogens (tertiary/aromatic N) is 2. The Morgan fingerprint density at radius 3 is 2.56 bits per heavy atom. The third kappa shape index (κ3) is 2.22. The highest BCUT2D eigenvalue weighted by atomic mass is 19.2. The third-order valence-electron chi connectivity index (χ3n) is 2.78. The lowest BCUT2D eigenvalue weighted by atomic mass is 10.0. The topological polar surface area (TPSA) is 37.8 Å². The zero-order valence-electron chi connectivity index (χ0n) is 10.1. The number of rotatable bonds is 3. The van der Waals surface area contributed by atoms with Crippen LogP contribution in [0.5, 0.6) is 0 Å². The van der Waals surface area contributed by atoms with Gasteiger partial charge in [-0.3, -0.25) is 9.97 Å². The van der Waals surface area contributed by atoms with E-state index in [4.69, 9.17) is 0 Å². The van der Waals surface area contributed by atoms with E-state index in [0.29, 0.717) is 5.69 Å². The van der Waals surface area contributed by atoms with E-state index in [1.165, 1.54) is 25.5 Å². The number of benzene rings is 1. The van der Waals surface area contributed by atoms with Crippen LogP contribution in [0.4, 0.5) is 8.78 Å². The highest BCUT2D eigenvalue weighted by Gasteiger charge is 2.20. The van der Waals surface area contributed by atoms with E-state index in [-0.39, 0.29) is 11.1 Å². The Balaban J connectivity index is 2.50. The van der Waals surface area contributed by atoms with Crippen molar-refractivity contribution in [2.45, 2.75) is 13.0 Å². The standard InChI is InChI=1S/C13H13F2N3/c1-8-3-4-9(12(15)11(8)14)13(16-2)10-7-17-5-6-18-10/h3-7,13,16H,1-2H3. The largest absolute Gasteiger partial charge is 0.308 e. The molecular weight excluding hydrogens is 236 g/mol. The summed E-state index contributed by atoms with van der Waals surface area (Å²) in [4.78, 5) is 8.04. The molecule has 0 aliphatic carbocycles. The van der Waals surface area contributed by atoms with Crippen molar-refractivity contribution >= 4 is 0 Å². The summed E-state index contributed by atoms with van der Waals surface area (Å²) in [5.74, 6) is -1.67. The van der Waals surface area contributed by atoms with Gasteiger partial charge in [0.2, 0.25) is 0 Å². The molecule has 0 bridgehead atoms. The first-order valence-corrected chi connectivity index (χ1v) is 5.52. The highest BCUT2D eigenvalue weighted by Crippen LogP contribution is 2.25. The van der Waals surface area contributed by atoms with Gasteiger partial charge in [0.1, 0.15) is 0 Å². The number of halogens is 2. The van der Waals surface area contributed by atoms with Crippen molar-refractivity contribution in [3.05, 3.63) is 59.2 Å². The Kier molecular flexibility index (Phi) is 3.62. The van der Waals surface area contributed by atoms with Crippen LogP contribution in [0.1, 0.15) is 22.9 Å². The van der Waals surface area contributed by atoms with E-state index in [1.807, 2.05) is 0 Å². The van der Waals surface area contributed by atoms with Gasteiger partial charge in [0.15, 0.2) is 11.6 Å². The SMILES string of the molecule is CNC(c1cnccn1)c1ccc(C)c(F)c1F. The van der Waals surface area contributed by atoms with Gasteiger partial charge < -0.3 is 5.32 Å². The van der Waals surface area contributed by atoms with E-state index in [9.17, 15) is 8.78 Å². The Labute approximate surface area is 104 Å². The van der Waals surface area contributed by atoms with Gasteiger partial charge in [-0.1, -0.05) is 12.1 Å². The summed E-state index contributed by atoms with van der Waals surface area (Å²) in [6.45, 7) is 1.53. The van der Waals surface area contributed by atoms with Crippen LogP contribution in [-0.4, -0.2) is 17.0 Å². The summed E-state index contributed by atoms with van der Waals surface area (Å²) in [6, 6.07) is 2.59. The summed E-state index contributed by atoms with van der Waals surface area (Å²) in [5.41, 5.74) is 1.05. The minimum Gasteiger partial charge on any atom is -0.308 e. The summed E-state index contributed by atoms with van der Waals surface area (Å²) in [6.07, 6.45) is 4.57. The average Bonchev–Trinajstić information content (AvgIpc) is 2.41. The monoisotopic (exact) mass is 249 g/mol. The zero-order valence-corrected chi connectivity index (χ0v) is 10.1. The molecule has 0 aliphatic heterocycles. The van der Waals surface area contributed by atoms with Gasteiger partial charge in [0.05, 0.1) is 17.9 Å². The van der Waals surface area contributed by atoms with Crippen molar-refractivity contribution in [2.75, 3.05) is 7.05 Å². The lowest BCUT2D eigenvalue weighted by Crippen LogP contribution is -2.21. The van der Waals surface area contributed by atoms with Crippen molar-refractivity contribution in [1.29, 1.82) is 0 Å². The average molecular weight is 249 g/mol. The number of aromatic nitrogens is 2. The summed E-state index contributed by atoms with van der Waals surface area (Å²) in [7, 11) is 1.66. The molecule has 0 aliphatic rings. The van der Waals surface area contributed by atoms with Gasteiger partial charge in [-0.2, -0.15) is 0 Å². The number of hydrogen-bond donors (Lipinski definition) is 1. The Morgan fingerprint density at radius 1 is 1.17 bits per heavy atom. The van der Waals surface area contributed by atoms with Crippen molar-refractivity contribution in [3.8, 4) is 0 Å². The first-order chi connectivity index (χ1) is 8.65. The summed E-state index contributed by atoms with van der Waals surface area (Å²) in [5, 5.41) is 2.91. The molecule has 0 saturated heterocycles. The van der Waals surface area contributed by atoms with Gasteiger partial charge in [-0.25, -0.2) is 8.78 Å².